The highest BCUT2D eigenvalue weighted by Gasteiger charge is 2.34. The molecule has 140 valence electrons. The molecule has 7 heteroatoms. The van der Waals surface area contributed by atoms with E-state index in [0.29, 0.717) is 50.8 Å². The molecule has 0 saturated carbocycles. The summed E-state index contributed by atoms with van der Waals surface area (Å²) in [6.45, 7) is 3.33. The van der Waals surface area contributed by atoms with Crippen molar-refractivity contribution in [1.29, 1.82) is 0 Å². The van der Waals surface area contributed by atoms with Crippen LogP contribution < -0.4 is 4.74 Å². The van der Waals surface area contributed by atoms with E-state index in [4.69, 9.17) is 21.1 Å². The number of carbonyl (C=O) groups excluding carboxylic acids is 2. The zero-order valence-corrected chi connectivity index (χ0v) is 15.4. The molecule has 3 heterocycles. The lowest BCUT2D eigenvalue weighted by Gasteiger charge is -2.38. The van der Waals surface area contributed by atoms with E-state index in [-0.39, 0.29) is 23.8 Å². The second kappa shape index (κ2) is 7.45. The van der Waals surface area contributed by atoms with E-state index < -0.39 is 0 Å². The molecule has 0 aromatic heterocycles. The highest BCUT2D eigenvalue weighted by atomic mass is 35.5. The lowest BCUT2D eigenvalue weighted by Crippen LogP contribution is -2.54. The van der Waals surface area contributed by atoms with Crippen LogP contribution in [0, 0.1) is 5.92 Å². The van der Waals surface area contributed by atoms with Crippen LogP contribution in [0.4, 0.5) is 0 Å². The van der Waals surface area contributed by atoms with Gasteiger partial charge in [-0.15, -0.1) is 0 Å². The smallest absolute Gasteiger partial charge is 0.251 e. The predicted molar refractivity (Wildman–Crippen MR) is 96.3 cm³/mol. The normalized spacial score (nSPS) is 25.6. The molecule has 2 amide bonds. The van der Waals surface area contributed by atoms with Gasteiger partial charge in [-0.2, -0.15) is 0 Å². The summed E-state index contributed by atoms with van der Waals surface area (Å²) in [4.78, 5) is 29.0. The maximum atomic E-state index is 12.9. The number of amides is 2. The van der Waals surface area contributed by atoms with Crippen molar-refractivity contribution in [2.45, 2.75) is 25.4 Å². The van der Waals surface area contributed by atoms with E-state index in [1.54, 1.807) is 6.07 Å². The van der Waals surface area contributed by atoms with Crippen molar-refractivity contribution in [2.24, 2.45) is 5.92 Å². The zero-order valence-electron chi connectivity index (χ0n) is 14.7. The van der Waals surface area contributed by atoms with E-state index in [1.807, 2.05) is 21.9 Å². The first kappa shape index (κ1) is 17.6. The minimum atomic E-state index is -0.287. The molecule has 0 aliphatic carbocycles. The summed E-state index contributed by atoms with van der Waals surface area (Å²) in [6, 6.07) is 5.52. The Kier molecular flexibility index (Phi) is 5.05. The third-order valence-corrected chi connectivity index (χ3v) is 5.62. The Bertz CT molecular complexity index is 697. The summed E-state index contributed by atoms with van der Waals surface area (Å²) in [7, 11) is 0. The molecule has 1 aromatic rings. The number of piperazine rings is 1. The molecule has 4 rings (SSSR count). The molecule has 6 nitrogen and oxygen atoms in total. The molecule has 2 saturated heterocycles. The van der Waals surface area contributed by atoms with Gasteiger partial charge in [0.1, 0.15) is 18.5 Å². The second-order valence-corrected chi connectivity index (χ2v) is 7.55. The van der Waals surface area contributed by atoms with Crippen LogP contribution in [0.1, 0.15) is 18.4 Å². The van der Waals surface area contributed by atoms with Crippen LogP contribution in [0.15, 0.2) is 18.2 Å². The van der Waals surface area contributed by atoms with E-state index in [1.165, 1.54) is 0 Å². The van der Waals surface area contributed by atoms with Gasteiger partial charge in [-0.25, -0.2) is 0 Å². The van der Waals surface area contributed by atoms with Crippen molar-refractivity contribution in [2.75, 3.05) is 39.4 Å². The van der Waals surface area contributed by atoms with Gasteiger partial charge in [-0.1, -0.05) is 11.6 Å². The average Bonchev–Trinajstić information content (AvgIpc) is 3.21. The molecule has 2 unspecified atom stereocenters. The minimum Gasteiger partial charge on any atom is -0.492 e. The number of halogens is 1. The van der Waals surface area contributed by atoms with Crippen molar-refractivity contribution >= 4 is 23.4 Å². The Morgan fingerprint density at radius 2 is 1.81 bits per heavy atom. The highest BCUT2D eigenvalue weighted by Crippen LogP contribution is 2.30. The zero-order chi connectivity index (χ0) is 18.1. The molecule has 2 fully saturated rings. The molecule has 0 radical (unpaired) electrons. The van der Waals surface area contributed by atoms with Gasteiger partial charge in [0.15, 0.2) is 0 Å². The van der Waals surface area contributed by atoms with E-state index >= 15 is 0 Å². The lowest BCUT2D eigenvalue weighted by atomic mass is 9.95. The molecule has 3 aliphatic heterocycles. The second-order valence-electron chi connectivity index (χ2n) is 7.12. The molecule has 1 aromatic carbocycles. The van der Waals surface area contributed by atoms with Crippen LogP contribution in [0.5, 0.6) is 5.75 Å². The number of nitrogens with zero attached hydrogens (tertiary/aromatic N) is 2. The maximum absolute atomic E-state index is 12.9. The number of hydrogen-bond donors (Lipinski definition) is 0. The summed E-state index contributed by atoms with van der Waals surface area (Å²) >= 11 is 6.05. The summed E-state index contributed by atoms with van der Waals surface area (Å²) < 4.78 is 11.2. The maximum Gasteiger partial charge on any atom is 0.251 e. The van der Waals surface area contributed by atoms with Crippen LogP contribution in [-0.4, -0.2) is 67.1 Å². The Labute approximate surface area is 158 Å². The van der Waals surface area contributed by atoms with Gasteiger partial charge in [0.2, 0.25) is 5.91 Å². The van der Waals surface area contributed by atoms with Gasteiger partial charge in [-0.3, -0.25) is 9.59 Å². The van der Waals surface area contributed by atoms with Gasteiger partial charge in [0, 0.05) is 37.8 Å². The number of carbonyl (C=O) groups is 2. The predicted octanol–water partition coefficient (Wildman–Crippen LogP) is 1.74. The van der Waals surface area contributed by atoms with Crippen molar-refractivity contribution < 1.29 is 19.1 Å². The summed E-state index contributed by atoms with van der Waals surface area (Å²) in [5.41, 5.74) is 0.981. The van der Waals surface area contributed by atoms with Gasteiger partial charge in [0.05, 0.1) is 5.92 Å². The molecule has 0 N–H and O–H groups in total. The molecule has 3 aliphatic rings. The molecule has 2 atom stereocenters. The van der Waals surface area contributed by atoms with Crippen LogP contribution in [-0.2, 0) is 20.7 Å². The first-order valence-electron chi connectivity index (χ1n) is 9.22. The van der Waals surface area contributed by atoms with Crippen molar-refractivity contribution in [1.82, 2.24) is 9.80 Å². The number of rotatable bonds is 2. The van der Waals surface area contributed by atoms with Crippen LogP contribution in [0.25, 0.3) is 0 Å². The average molecular weight is 379 g/mol. The third-order valence-electron chi connectivity index (χ3n) is 5.39. The van der Waals surface area contributed by atoms with E-state index in [9.17, 15) is 9.59 Å². The fourth-order valence-corrected chi connectivity index (χ4v) is 4.10. The Hall–Kier alpha value is -1.79. The molecule has 26 heavy (non-hydrogen) atoms. The SMILES string of the molecule is O=C(C1COc2ccc(Cl)cc2C1)N1CCN(C(=O)C2CCCO2)CC1. The van der Waals surface area contributed by atoms with Crippen molar-refractivity contribution in [3.8, 4) is 5.75 Å². The third kappa shape index (κ3) is 3.53. The monoisotopic (exact) mass is 378 g/mol. The lowest BCUT2D eigenvalue weighted by molar-refractivity contribution is -0.147. The van der Waals surface area contributed by atoms with Crippen molar-refractivity contribution in [3.05, 3.63) is 28.8 Å². The van der Waals surface area contributed by atoms with Crippen LogP contribution in [0.2, 0.25) is 5.02 Å². The molecule has 0 spiro atoms. The minimum absolute atomic E-state index is 0.0687. The first-order chi connectivity index (χ1) is 12.6. The Morgan fingerprint density at radius 1 is 1.08 bits per heavy atom. The van der Waals surface area contributed by atoms with Crippen LogP contribution in [0.3, 0.4) is 0 Å². The molecular weight excluding hydrogens is 356 g/mol. The first-order valence-corrected chi connectivity index (χ1v) is 9.60. The van der Waals surface area contributed by atoms with Gasteiger partial charge >= 0.3 is 0 Å². The number of ether oxygens (including phenoxy) is 2. The number of hydrogen-bond acceptors (Lipinski definition) is 4. The molecule has 0 bridgehead atoms. The van der Waals surface area contributed by atoms with E-state index in [0.717, 1.165) is 24.2 Å². The fraction of sp³-hybridized carbons (Fsp3) is 0.579. The highest BCUT2D eigenvalue weighted by molar-refractivity contribution is 6.30. The van der Waals surface area contributed by atoms with Gasteiger partial charge < -0.3 is 19.3 Å². The Balaban J connectivity index is 1.33. The van der Waals surface area contributed by atoms with Crippen LogP contribution >= 0.6 is 11.6 Å². The summed E-state index contributed by atoms with van der Waals surface area (Å²) in [5.74, 6) is 0.783. The summed E-state index contributed by atoms with van der Waals surface area (Å²) in [5, 5.41) is 0.654. The van der Waals surface area contributed by atoms with Crippen molar-refractivity contribution in [3.63, 3.8) is 0 Å². The fourth-order valence-electron chi connectivity index (χ4n) is 3.90. The standard InChI is InChI=1S/C19H23ClN2O4/c20-15-3-4-16-13(11-15)10-14(12-26-16)18(23)21-5-7-22(8-6-21)19(24)17-2-1-9-25-17/h3-4,11,14,17H,1-2,5-10,12H2. The quantitative estimate of drug-likeness (QED) is 0.786. The van der Waals surface area contributed by atoms with Gasteiger partial charge in [-0.05, 0) is 43.0 Å². The van der Waals surface area contributed by atoms with Gasteiger partial charge in [0.25, 0.3) is 5.91 Å². The molecular formula is C19H23ClN2O4. The number of fused-ring (bicyclic) bond motifs is 1. The Morgan fingerprint density at radius 3 is 2.50 bits per heavy atom. The summed E-state index contributed by atoms with van der Waals surface area (Å²) in [6.07, 6.45) is 2.11. The number of benzene rings is 1. The topological polar surface area (TPSA) is 59.1 Å². The largest absolute Gasteiger partial charge is 0.492 e. The van der Waals surface area contributed by atoms with E-state index in [2.05, 4.69) is 0 Å².